The Balaban J connectivity index is 2.00. The summed E-state index contributed by atoms with van der Waals surface area (Å²) >= 11 is 0. The molecule has 0 aliphatic carbocycles. The number of fused-ring (bicyclic) bond motifs is 2. The Labute approximate surface area is 176 Å². The maximum atomic E-state index is 8.92. The molecule has 2 N–H and O–H groups in total. The number of hydrogen-bond acceptors (Lipinski definition) is 6. The quantitative estimate of drug-likeness (QED) is 0.349. The van der Waals surface area contributed by atoms with Crippen LogP contribution in [-0.4, -0.2) is 62.1 Å². The molecule has 0 aliphatic heterocycles. The van der Waals surface area contributed by atoms with Gasteiger partial charge in [-0.3, -0.25) is 0 Å². The number of aliphatic hydroxyl groups excluding tert-OH is 2. The van der Waals surface area contributed by atoms with Crippen LogP contribution in [0.2, 0.25) is 0 Å². The summed E-state index contributed by atoms with van der Waals surface area (Å²) in [5, 5.41) is 21.7. The van der Waals surface area contributed by atoms with Crippen molar-refractivity contribution in [1.82, 2.24) is 0 Å². The van der Waals surface area contributed by atoms with Gasteiger partial charge < -0.3 is 29.2 Å². The number of benzene rings is 3. The topological polar surface area (TPSA) is 77.4 Å². The van der Waals surface area contributed by atoms with Gasteiger partial charge >= 0.3 is 0 Å². The second kappa shape index (κ2) is 11.1. The molecule has 0 saturated heterocycles. The van der Waals surface area contributed by atoms with Crippen LogP contribution in [-0.2, 0) is 9.47 Å². The summed E-state index contributed by atoms with van der Waals surface area (Å²) in [4.78, 5) is 0. The average Bonchev–Trinajstić information content (AvgIpc) is 2.76. The Kier molecular flexibility index (Phi) is 8.28. The summed E-state index contributed by atoms with van der Waals surface area (Å²) in [5.41, 5.74) is 0. The Morgan fingerprint density at radius 3 is 1.27 bits per heavy atom. The number of ether oxygens (including phenoxy) is 4. The zero-order valence-corrected chi connectivity index (χ0v) is 17.5. The number of hydrogen-bond donors (Lipinski definition) is 2. The predicted octanol–water partition coefficient (Wildman–Crippen LogP) is 3.55. The first kappa shape index (κ1) is 22.3. The lowest BCUT2D eigenvalue weighted by molar-refractivity contribution is 0.0393. The summed E-state index contributed by atoms with van der Waals surface area (Å²) in [5.74, 6) is 1.58. The fourth-order valence-electron chi connectivity index (χ4n) is 3.40. The van der Waals surface area contributed by atoms with E-state index in [9.17, 15) is 0 Å². The Morgan fingerprint density at radius 1 is 0.633 bits per heavy atom. The van der Waals surface area contributed by atoms with Gasteiger partial charge in [0.25, 0.3) is 0 Å². The number of aliphatic hydroxyl groups is 2. The Bertz CT molecular complexity index is 809. The first-order valence-corrected chi connectivity index (χ1v) is 10.3. The maximum absolute atomic E-state index is 8.92. The molecule has 0 heterocycles. The molecule has 6 nitrogen and oxygen atoms in total. The van der Waals surface area contributed by atoms with Gasteiger partial charge in [-0.1, -0.05) is 48.5 Å². The van der Waals surface area contributed by atoms with Crippen LogP contribution < -0.4 is 9.47 Å². The van der Waals surface area contributed by atoms with E-state index in [1.165, 1.54) is 0 Å². The molecule has 2 unspecified atom stereocenters. The van der Waals surface area contributed by atoms with Crippen molar-refractivity contribution in [1.29, 1.82) is 0 Å². The Morgan fingerprint density at radius 2 is 0.967 bits per heavy atom. The summed E-state index contributed by atoms with van der Waals surface area (Å²) in [6.45, 7) is 5.24. The van der Waals surface area contributed by atoms with Crippen molar-refractivity contribution in [2.45, 2.75) is 26.1 Å². The third-order valence-corrected chi connectivity index (χ3v) is 4.65. The zero-order valence-electron chi connectivity index (χ0n) is 17.5. The maximum Gasteiger partial charge on any atom is 0.135 e. The lowest BCUT2D eigenvalue weighted by Crippen LogP contribution is -2.21. The molecule has 0 radical (unpaired) electrons. The lowest BCUT2D eigenvalue weighted by atomic mass is 10.0. The van der Waals surface area contributed by atoms with E-state index >= 15 is 0 Å². The second-order valence-electron chi connectivity index (χ2n) is 7.20. The lowest BCUT2D eigenvalue weighted by Gasteiger charge is -2.22. The van der Waals surface area contributed by atoms with Crippen molar-refractivity contribution < 1.29 is 29.2 Å². The monoisotopic (exact) mass is 414 g/mol. The highest BCUT2D eigenvalue weighted by Gasteiger charge is 2.19. The van der Waals surface area contributed by atoms with Crippen LogP contribution in [0.3, 0.4) is 0 Å². The minimum atomic E-state index is -0.180. The standard InChI is InChI=1S/C24H30O6/c1-17(15-27-13-11-25)29-23-19-7-3-5-9-21(19)24(22-10-6-4-8-20(22)23)30-18(2)16-28-14-12-26/h3-10,17-18,25-26H,11-16H2,1-2H3. The molecule has 0 aromatic heterocycles. The van der Waals surface area contributed by atoms with Crippen LogP contribution in [0.25, 0.3) is 21.5 Å². The van der Waals surface area contributed by atoms with Crippen molar-refractivity contribution in [3.05, 3.63) is 48.5 Å². The fourth-order valence-corrected chi connectivity index (χ4v) is 3.40. The molecule has 3 aromatic carbocycles. The largest absolute Gasteiger partial charge is 0.487 e. The van der Waals surface area contributed by atoms with Crippen LogP contribution in [0.4, 0.5) is 0 Å². The molecule has 0 saturated carbocycles. The molecule has 0 bridgehead atoms. The smallest absolute Gasteiger partial charge is 0.135 e. The molecule has 6 heteroatoms. The van der Waals surface area contributed by atoms with Crippen LogP contribution in [0, 0.1) is 0 Å². The van der Waals surface area contributed by atoms with Crippen molar-refractivity contribution in [3.8, 4) is 11.5 Å². The molecule has 30 heavy (non-hydrogen) atoms. The van der Waals surface area contributed by atoms with E-state index < -0.39 is 0 Å². The van der Waals surface area contributed by atoms with Crippen LogP contribution in [0.1, 0.15) is 13.8 Å². The van der Waals surface area contributed by atoms with Gasteiger partial charge in [0, 0.05) is 21.5 Å². The van der Waals surface area contributed by atoms with Crippen molar-refractivity contribution in [3.63, 3.8) is 0 Å². The molecule has 0 aliphatic rings. The summed E-state index contributed by atoms with van der Waals surface area (Å²) in [6, 6.07) is 16.0. The molecule has 3 rings (SSSR count). The highest BCUT2D eigenvalue weighted by atomic mass is 16.5. The van der Waals surface area contributed by atoms with Crippen molar-refractivity contribution in [2.24, 2.45) is 0 Å². The van der Waals surface area contributed by atoms with Gasteiger partial charge in [-0.05, 0) is 13.8 Å². The van der Waals surface area contributed by atoms with E-state index in [0.717, 1.165) is 33.0 Å². The average molecular weight is 414 g/mol. The molecule has 2 atom stereocenters. The van der Waals surface area contributed by atoms with Crippen molar-refractivity contribution >= 4 is 21.5 Å². The molecule has 0 fully saturated rings. The minimum absolute atomic E-state index is 0.00911. The van der Waals surface area contributed by atoms with Gasteiger partial charge in [0.05, 0.1) is 39.6 Å². The predicted molar refractivity (Wildman–Crippen MR) is 117 cm³/mol. The van der Waals surface area contributed by atoms with Gasteiger partial charge in [-0.25, -0.2) is 0 Å². The van der Waals surface area contributed by atoms with Gasteiger partial charge in [-0.2, -0.15) is 0 Å². The van der Waals surface area contributed by atoms with E-state index in [1.807, 2.05) is 62.4 Å². The normalized spacial score (nSPS) is 13.5. The van der Waals surface area contributed by atoms with Gasteiger partial charge in [-0.15, -0.1) is 0 Å². The molecular weight excluding hydrogens is 384 g/mol. The minimum Gasteiger partial charge on any atom is -0.487 e. The third-order valence-electron chi connectivity index (χ3n) is 4.65. The van der Waals surface area contributed by atoms with E-state index in [0.29, 0.717) is 13.2 Å². The van der Waals surface area contributed by atoms with Crippen LogP contribution in [0.5, 0.6) is 11.5 Å². The molecule has 162 valence electrons. The van der Waals surface area contributed by atoms with E-state index in [2.05, 4.69) is 0 Å². The fraction of sp³-hybridized carbons (Fsp3) is 0.417. The van der Waals surface area contributed by atoms with Gasteiger partial charge in [0.1, 0.15) is 23.7 Å². The van der Waals surface area contributed by atoms with Gasteiger partial charge in [0.2, 0.25) is 0 Å². The highest BCUT2D eigenvalue weighted by Crippen LogP contribution is 2.43. The van der Waals surface area contributed by atoms with Gasteiger partial charge in [0.15, 0.2) is 0 Å². The van der Waals surface area contributed by atoms with E-state index in [4.69, 9.17) is 29.2 Å². The van der Waals surface area contributed by atoms with Crippen LogP contribution in [0.15, 0.2) is 48.5 Å². The van der Waals surface area contributed by atoms with E-state index in [-0.39, 0.29) is 38.6 Å². The molecular formula is C24H30O6. The molecule has 3 aromatic rings. The summed E-state index contributed by atoms with van der Waals surface area (Å²) < 4.78 is 23.5. The van der Waals surface area contributed by atoms with E-state index in [1.54, 1.807) is 0 Å². The Hall–Kier alpha value is -2.38. The SMILES string of the molecule is CC(COCCO)Oc1c2ccccc2c(OC(C)COCCO)c2ccccc12. The molecule has 0 spiro atoms. The highest BCUT2D eigenvalue weighted by molar-refractivity contribution is 6.11. The first-order valence-electron chi connectivity index (χ1n) is 10.3. The molecule has 0 amide bonds. The number of rotatable bonds is 12. The summed E-state index contributed by atoms with van der Waals surface area (Å²) in [7, 11) is 0. The first-order chi connectivity index (χ1) is 14.7. The third kappa shape index (κ3) is 5.40. The summed E-state index contributed by atoms with van der Waals surface area (Å²) in [6.07, 6.45) is -0.359. The van der Waals surface area contributed by atoms with Crippen molar-refractivity contribution in [2.75, 3.05) is 39.6 Å². The van der Waals surface area contributed by atoms with Crippen LogP contribution >= 0.6 is 0 Å². The second-order valence-corrected chi connectivity index (χ2v) is 7.20. The zero-order chi connectivity index (χ0) is 21.3.